The predicted octanol–water partition coefficient (Wildman–Crippen LogP) is 3.57. The average molecular weight is 221 g/mol. The maximum Gasteiger partial charge on any atom is 0.0892 e. The molecular weight excluding hydrogens is 208 g/mol. The molecule has 0 bridgehead atoms. The maximum atomic E-state index is 4.34. The van der Waals surface area contributed by atoms with Crippen LogP contribution in [0, 0.1) is 6.42 Å². The lowest BCUT2D eigenvalue weighted by molar-refractivity contribution is 1.19. The van der Waals surface area contributed by atoms with E-state index in [-0.39, 0.29) is 0 Å². The van der Waals surface area contributed by atoms with Crippen LogP contribution in [0.15, 0.2) is 48.3 Å². The SMILES string of the molecule is CC1=CC(c2ccc3nccnc3c2)=CC[CH]1. The second-order valence-corrected chi connectivity index (χ2v) is 4.25. The van der Waals surface area contributed by atoms with E-state index in [1.165, 1.54) is 16.7 Å². The lowest BCUT2D eigenvalue weighted by Gasteiger charge is -2.11. The number of aromatic nitrogens is 2. The van der Waals surface area contributed by atoms with Crippen LogP contribution < -0.4 is 0 Å². The maximum absolute atomic E-state index is 4.34. The van der Waals surface area contributed by atoms with Crippen LogP contribution >= 0.6 is 0 Å². The Hall–Kier alpha value is -1.96. The summed E-state index contributed by atoms with van der Waals surface area (Å²) in [5.41, 5.74) is 5.70. The molecule has 0 aliphatic heterocycles. The molecule has 0 saturated heterocycles. The highest BCUT2D eigenvalue weighted by molar-refractivity contribution is 5.83. The molecule has 1 aromatic heterocycles. The molecule has 1 aliphatic carbocycles. The smallest absolute Gasteiger partial charge is 0.0892 e. The Kier molecular flexibility index (Phi) is 2.48. The van der Waals surface area contributed by atoms with E-state index in [9.17, 15) is 0 Å². The number of hydrogen-bond acceptors (Lipinski definition) is 2. The molecule has 0 unspecified atom stereocenters. The van der Waals surface area contributed by atoms with Gasteiger partial charge in [-0.25, -0.2) is 0 Å². The van der Waals surface area contributed by atoms with Gasteiger partial charge in [0.15, 0.2) is 0 Å². The molecule has 0 spiro atoms. The van der Waals surface area contributed by atoms with Crippen molar-refractivity contribution < 1.29 is 0 Å². The Labute approximate surface area is 101 Å². The molecule has 17 heavy (non-hydrogen) atoms. The molecule has 83 valence electrons. The third-order valence-electron chi connectivity index (χ3n) is 2.96. The highest BCUT2D eigenvalue weighted by Crippen LogP contribution is 2.25. The summed E-state index contributed by atoms with van der Waals surface area (Å²) in [7, 11) is 0. The largest absolute Gasteiger partial charge is 0.253 e. The van der Waals surface area contributed by atoms with Crippen LogP contribution in [0.25, 0.3) is 16.6 Å². The van der Waals surface area contributed by atoms with Crippen LogP contribution in [0.3, 0.4) is 0 Å². The molecule has 2 nitrogen and oxygen atoms in total. The summed E-state index contributed by atoms with van der Waals surface area (Å²) >= 11 is 0. The lowest BCUT2D eigenvalue weighted by Crippen LogP contribution is -1.91. The monoisotopic (exact) mass is 221 g/mol. The van der Waals surface area contributed by atoms with Gasteiger partial charge in [-0.05, 0) is 43.0 Å². The topological polar surface area (TPSA) is 25.8 Å². The van der Waals surface area contributed by atoms with E-state index >= 15 is 0 Å². The van der Waals surface area contributed by atoms with Crippen molar-refractivity contribution in [3.05, 3.63) is 60.3 Å². The van der Waals surface area contributed by atoms with Crippen molar-refractivity contribution in [2.24, 2.45) is 0 Å². The fourth-order valence-corrected chi connectivity index (χ4v) is 2.08. The van der Waals surface area contributed by atoms with Gasteiger partial charge in [0.05, 0.1) is 11.0 Å². The summed E-state index contributed by atoms with van der Waals surface area (Å²) < 4.78 is 0. The Bertz CT molecular complexity index is 624. The molecule has 0 atom stereocenters. The number of rotatable bonds is 1. The van der Waals surface area contributed by atoms with Gasteiger partial charge in [0.2, 0.25) is 0 Å². The molecule has 1 aromatic carbocycles. The summed E-state index contributed by atoms with van der Waals surface area (Å²) in [5, 5.41) is 0. The fraction of sp³-hybridized carbons (Fsp3) is 0.133. The zero-order chi connectivity index (χ0) is 11.7. The normalized spacial score (nSPS) is 15.6. The van der Waals surface area contributed by atoms with Crippen molar-refractivity contribution in [2.75, 3.05) is 0 Å². The molecule has 3 rings (SSSR count). The number of allylic oxidation sites excluding steroid dienone is 4. The lowest BCUT2D eigenvalue weighted by atomic mass is 9.95. The van der Waals surface area contributed by atoms with E-state index in [0.717, 1.165) is 17.5 Å². The van der Waals surface area contributed by atoms with Crippen molar-refractivity contribution in [3.8, 4) is 0 Å². The Morgan fingerprint density at radius 1 is 1.06 bits per heavy atom. The van der Waals surface area contributed by atoms with E-state index in [4.69, 9.17) is 0 Å². The van der Waals surface area contributed by atoms with Gasteiger partial charge in [0, 0.05) is 12.4 Å². The van der Waals surface area contributed by atoms with Gasteiger partial charge in [0.25, 0.3) is 0 Å². The van der Waals surface area contributed by atoms with Gasteiger partial charge in [-0.15, -0.1) is 0 Å². The Morgan fingerprint density at radius 2 is 1.88 bits per heavy atom. The van der Waals surface area contributed by atoms with Crippen molar-refractivity contribution in [3.63, 3.8) is 0 Å². The van der Waals surface area contributed by atoms with Gasteiger partial charge in [-0.3, -0.25) is 9.97 Å². The minimum Gasteiger partial charge on any atom is -0.253 e. The van der Waals surface area contributed by atoms with Gasteiger partial charge < -0.3 is 0 Å². The minimum atomic E-state index is 0.944. The summed E-state index contributed by atoms with van der Waals surface area (Å²) in [6.07, 6.45) is 11.1. The van der Waals surface area contributed by atoms with Crippen LogP contribution in [0.2, 0.25) is 0 Å². The quantitative estimate of drug-likeness (QED) is 0.735. The first-order valence-corrected chi connectivity index (χ1v) is 5.76. The zero-order valence-corrected chi connectivity index (χ0v) is 9.72. The third-order valence-corrected chi connectivity index (χ3v) is 2.96. The van der Waals surface area contributed by atoms with Crippen molar-refractivity contribution >= 4 is 16.6 Å². The fourth-order valence-electron chi connectivity index (χ4n) is 2.08. The average Bonchev–Trinajstić information content (AvgIpc) is 2.38. The van der Waals surface area contributed by atoms with Crippen LogP contribution in [0.1, 0.15) is 18.9 Å². The third kappa shape index (κ3) is 1.98. The molecular formula is C15H13N2. The van der Waals surface area contributed by atoms with Crippen LogP contribution in [-0.2, 0) is 0 Å². The summed E-state index contributed by atoms with van der Waals surface area (Å²) in [4.78, 5) is 8.62. The first kappa shape index (κ1) is 10.2. The molecule has 1 aliphatic rings. The van der Waals surface area contributed by atoms with Crippen molar-refractivity contribution in [2.45, 2.75) is 13.3 Å². The molecule has 0 fully saturated rings. The van der Waals surface area contributed by atoms with E-state index in [0.29, 0.717) is 0 Å². The highest BCUT2D eigenvalue weighted by atomic mass is 14.8. The van der Waals surface area contributed by atoms with Crippen LogP contribution in [0.5, 0.6) is 0 Å². The summed E-state index contributed by atoms with van der Waals surface area (Å²) in [6, 6.07) is 6.24. The van der Waals surface area contributed by atoms with E-state index < -0.39 is 0 Å². The number of fused-ring (bicyclic) bond motifs is 1. The van der Waals surface area contributed by atoms with Gasteiger partial charge in [-0.2, -0.15) is 0 Å². The minimum absolute atomic E-state index is 0.944. The number of nitrogens with zero attached hydrogens (tertiary/aromatic N) is 2. The van der Waals surface area contributed by atoms with E-state index in [1.807, 2.05) is 6.07 Å². The molecule has 1 radical (unpaired) electrons. The van der Waals surface area contributed by atoms with E-state index in [2.05, 4.69) is 47.6 Å². The van der Waals surface area contributed by atoms with Gasteiger partial charge in [0.1, 0.15) is 0 Å². The zero-order valence-electron chi connectivity index (χ0n) is 9.72. The molecule has 2 aromatic rings. The molecule has 1 heterocycles. The molecule has 0 amide bonds. The summed E-state index contributed by atoms with van der Waals surface area (Å²) in [6.45, 7) is 2.13. The van der Waals surface area contributed by atoms with Crippen LogP contribution in [-0.4, -0.2) is 9.97 Å². The molecule has 0 saturated carbocycles. The highest BCUT2D eigenvalue weighted by Gasteiger charge is 2.06. The van der Waals surface area contributed by atoms with Crippen molar-refractivity contribution in [1.82, 2.24) is 9.97 Å². The van der Waals surface area contributed by atoms with E-state index in [1.54, 1.807) is 12.4 Å². The first-order chi connectivity index (χ1) is 8.33. The Morgan fingerprint density at radius 3 is 2.71 bits per heavy atom. The molecule has 2 heteroatoms. The number of benzene rings is 1. The summed E-state index contributed by atoms with van der Waals surface area (Å²) in [5.74, 6) is 0. The van der Waals surface area contributed by atoms with Crippen molar-refractivity contribution in [1.29, 1.82) is 0 Å². The second kappa shape index (κ2) is 4.13. The predicted molar refractivity (Wildman–Crippen MR) is 70.2 cm³/mol. The Balaban J connectivity index is 2.09. The number of hydrogen-bond donors (Lipinski definition) is 0. The molecule has 0 N–H and O–H groups in total. The standard InChI is InChI=1S/C15H13N2/c1-11-3-2-4-12(9-11)13-5-6-14-15(10-13)17-8-7-16-14/h3-10H,2H2,1H3. The van der Waals surface area contributed by atoms with Crippen LogP contribution in [0.4, 0.5) is 0 Å². The first-order valence-electron chi connectivity index (χ1n) is 5.76. The van der Waals surface area contributed by atoms with Gasteiger partial charge in [-0.1, -0.05) is 23.8 Å². The second-order valence-electron chi connectivity index (χ2n) is 4.25. The van der Waals surface area contributed by atoms with Gasteiger partial charge >= 0.3 is 0 Å².